The van der Waals surface area contributed by atoms with E-state index in [1.807, 2.05) is 0 Å². The summed E-state index contributed by atoms with van der Waals surface area (Å²) in [5.41, 5.74) is -0.0545. The molecule has 0 saturated carbocycles. The molecular weight excluding hydrogens is 532 g/mol. The molecule has 1 N–H and O–H groups in total. The highest BCUT2D eigenvalue weighted by molar-refractivity contribution is 9.10. The molecule has 0 unspecified atom stereocenters. The van der Waals surface area contributed by atoms with Crippen molar-refractivity contribution in [3.05, 3.63) is 64.1 Å². The van der Waals surface area contributed by atoms with E-state index >= 15 is 0 Å². The van der Waals surface area contributed by atoms with Crippen molar-refractivity contribution in [2.75, 3.05) is 17.1 Å². The Balaban J connectivity index is 2.43. The molecule has 186 valence electrons. The second-order valence-corrected chi connectivity index (χ2v) is 11.8. The van der Waals surface area contributed by atoms with Gasteiger partial charge in [-0.25, -0.2) is 17.2 Å². The maximum atomic E-state index is 13.8. The van der Waals surface area contributed by atoms with Crippen LogP contribution in [0.15, 0.2) is 46.9 Å². The molecule has 0 aliphatic carbocycles. The number of benzene rings is 2. The number of hydrogen-bond donors (Lipinski definition) is 1. The van der Waals surface area contributed by atoms with Crippen molar-refractivity contribution in [2.45, 2.75) is 45.8 Å². The Bertz CT molecular complexity index is 1170. The lowest BCUT2D eigenvalue weighted by molar-refractivity contribution is -0.140. The number of carbonyl (C=O) groups is 2. The quantitative estimate of drug-likeness (QED) is 0.532. The number of carbonyl (C=O) groups excluding carboxylic acids is 2. The molecule has 2 aromatic rings. The first-order valence-electron chi connectivity index (χ1n) is 10.4. The average molecular weight is 560 g/mol. The highest BCUT2D eigenvalue weighted by atomic mass is 79.9. The lowest BCUT2D eigenvalue weighted by atomic mass is 10.1. The van der Waals surface area contributed by atoms with Gasteiger partial charge in [-0.05, 0) is 57.5 Å². The topological polar surface area (TPSA) is 86.8 Å². The number of hydrogen-bond acceptors (Lipinski definition) is 4. The van der Waals surface area contributed by atoms with Gasteiger partial charge in [0.25, 0.3) is 0 Å². The molecule has 11 heteroatoms. The number of nitrogens with zero attached hydrogens (tertiary/aromatic N) is 2. The zero-order chi connectivity index (χ0) is 25.8. The fraction of sp³-hybridized carbons (Fsp3) is 0.391. The summed E-state index contributed by atoms with van der Waals surface area (Å²) < 4.78 is 53.5. The van der Waals surface area contributed by atoms with E-state index in [0.717, 1.165) is 22.9 Å². The van der Waals surface area contributed by atoms with Crippen molar-refractivity contribution < 1.29 is 26.8 Å². The zero-order valence-electron chi connectivity index (χ0n) is 19.6. The molecule has 7 nitrogen and oxygen atoms in total. The van der Waals surface area contributed by atoms with Gasteiger partial charge in [-0.1, -0.05) is 28.1 Å². The van der Waals surface area contributed by atoms with Gasteiger partial charge >= 0.3 is 0 Å². The lowest BCUT2D eigenvalue weighted by Crippen LogP contribution is -2.54. The van der Waals surface area contributed by atoms with Crippen molar-refractivity contribution in [2.24, 2.45) is 0 Å². The van der Waals surface area contributed by atoms with Crippen LogP contribution in [-0.4, -0.2) is 49.5 Å². The van der Waals surface area contributed by atoms with Crippen LogP contribution in [0.1, 0.15) is 33.3 Å². The van der Waals surface area contributed by atoms with Crippen LogP contribution < -0.4 is 9.62 Å². The van der Waals surface area contributed by atoms with E-state index in [2.05, 4.69) is 21.2 Å². The van der Waals surface area contributed by atoms with Crippen LogP contribution in [0.25, 0.3) is 0 Å². The van der Waals surface area contributed by atoms with Gasteiger partial charge in [-0.3, -0.25) is 13.9 Å². The summed E-state index contributed by atoms with van der Waals surface area (Å²) in [4.78, 5) is 27.5. The van der Waals surface area contributed by atoms with Gasteiger partial charge in [0.05, 0.1) is 11.9 Å². The molecule has 0 heterocycles. The molecule has 0 bridgehead atoms. The molecule has 0 fully saturated rings. The second kappa shape index (κ2) is 10.8. The van der Waals surface area contributed by atoms with Crippen LogP contribution in [0.5, 0.6) is 0 Å². The SMILES string of the molecule is C[C@H](C(=O)NC(C)(C)C)N(Cc1cccc(Br)c1)C(=O)CN(c1ccc(F)c(F)c1)S(C)(=O)=O. The van der Waals surface area contributed by atoms with E-state index in [4.69, 9.17) is 0 Å². The highest BCUT2D eigenvalue weighted by Gasteiger charge is 2.31. The predicted molar refractivity (Wildman–Crippen MR) is 131 cm³/mol. The Morgan fingerprint density at radius 3 is 2.26 bits per heavy atom. The normalized spacial score (nSPS) is 12.7. The zero-order valence-corrected chi connectivity index (χ0v) is 22.0. The van der Waals surface area contributed by atoms with E-state index < -0.39 is 51.6 Å². The van der Waals surface area contributed by atoms with E-state index in [1.54, 1.807) is 52.0 Å². The van der Waals surface area contributed by atoms with E-state index in [9.17, 15) is 26.8 Å². The number of anilines is 1. The number of sulfonamides is 1. The minimum atomic E-state index is -4.04. The third-order valence-electron chi connectivity index (χ3n) is 4.78. The van der Waals surface area contributed by atoms with Crippen LogP contribution in [0.4, 0.5) is 14.5 Å². The summed E-state index contributed by atoms with van der Waals surface area (Å²) in [6, 6.07) is 8.73. The van der Waals surface area contributed by atoms with E-state index in [-0.39, 0.29) is 12.2 Å². The van der Waals surface area contributed by atoms with E-state index in [0.29, 0.717) is 15.9 Å². The summed E-state index contributed by atoms with van der Waals surface area (Å²) >= 11 is 3.37. The highest BCUT2D eigenvalue weighted by Crippen LogP contribution is 2.22. The Morgan fingerprint density at radius 1 is 1.09 bits per heavy atom. The Hall–Kier alpha value is -2.53. The average Bonchev–Trinajstić information content (AvgIpc) is 2.69. The Morgan fingerprint density at radius 2 is 1.74 bits per heavy atom. The molecule has 0 aliphatic heterocycles. The fourth-order valence-electron chi connectivity index (χ4n) is 3.14. The van der Waals surface area contributed by atoms with Crippen molar-refractivity contribution >= 4 is 43.5 Å². The number of nitrogens with one attached hydrogen (secondary N) is 1. The van der Waals surface area contributed by atoms with Gasteiger partial charge in [-0.15, -0.1) is 0 Å². The molecule has 0 saturated heterocycles. The molecule has 0 radical (unpaired) electrons. The number of halogens is 3. The molecule has 34 heavy (non-hydrogen) atoms. The monoisotopic (exact) mass is 559 g/mol. The molecule has 2 rings (SSSR count). The summed E-state index contributed by atoms with van der Waals surface area (Å²) in [7, 11) is -4.04. The molecule has 0 aromatic heterocycles. The Labute approximate surface area is 207 Å². The summed E-state index contributed by atoms with van der Waals surface area (Å²) in [6.07, 6.45) is 0.857. The molecular formula is C23H28BrF2N3O4S. The molecule has 1 atom stereocenters. The first kappa shape index (κ1) is 27.7. The van der Waals surface area contributed by atoms with Crippen LogP contribution in [0.2, 0.25) is 0 Å². The lowest BCUT2D eigenvalue weighted by Gasteiger charge is -2.33. The van der Waals surface area contributed by atoms with Crippen LogP contribution in [0, 0.1) is 11.6 Å². The molecule has 0 aliphatic rings. The van der Waals surface area contributed by atoms with Crippen molar-refractivity contribution in [3.63, 3.8) is 0 Å². The van der Waals surface area contributed by atoms with Gasteiger partial charge in [0.2, 0.25) is 21.8 Å². The van der Waals surface area contributed by atoms with Gasteiger partial charge in [-0.2, -0.15) is 0 Å². The summed E-state index contributed by atoms with van der Waals surface area (Å²) in [5.74, 6) is -3.50. The largest absolute Gasteiger partial charge is 0.350 e. The van der Waals surface area contributed by atoms with Crippen molar-refractivity contribution in [1.29, 1.82) is 0 Å². The molecule has 2 amide bonds. The van der Waals surface area contributed by atoms with Crippen LogP contribution in [-0.2, 0) is 26.2 Å². The third kappa shape index (κ3) is 7.76. The summed E-state index contributed by atoms with van der Waals surface area (Å²) in [6.45, 7) is 6.25. The number of amides is 2. The summed E-state index contributed by atoms with van der Waals surface area (Å²) in [5, 5.41) is 2.82. The first-order chi connectivity index (χ1) is 15.6. The maximum absolute atomic E-state index is 13.8. The second-order valence-electron chi connectivity index (χ2n) is 8.93. The fourth-order valence-corrected chi connectivity index (χ4v) is 4.43. The van der Waals surface area contributed by atoms with Crippen molar-refractivity contribution in [3.8, 4) is 0 Å². The first-order valence-corrected chi connectivity index (χ1v) is 13.0. The predicted octanol–water partition coefficient (Wildman–Crippen LogP) is 3.83. The van der Waals surface area contributed by atoms with Gasteiger partial charge in [0.15, 0.2) is 11.6 Å². The van der Waals surface area contributed by atoms with Gasteiger partial charge in [0.1, 0.15) is 12.6 Å². The van der Waals surface area contributed by atoms with Crippen LogP contribution >= 0.6 is 15.9 Å². The van der Waals surface area contributed by atoms with Crippen molar-refractivity contribution in [1.82, 2.24) is 10.2 Å². The van der Waals surface area contributed by atoms with Crippen LogP contribution in [0.3, 0.4) is 0 Å². The maximum Gasteiger partial charge on any atom is 0.244 e. The molecule has 2 aromatic carbocycles. The number of rotatable bonds is 8. The standard InChI is InChI=1S/C23H28BrF2N3O4S/c1-15(22(31)27-23(2,3)4)28(13-16-7-6-8-17(24)11-16)21(30)14-29(34(5,32)33)18-9-10-19(25)20(26)12-18/h6-12,15H,13-14H2,1-5H3,(H,27,31)/t15-/m1/s1. The molecule has 0 spiro atoms. The van der Waals surface area contributed by atoms with Gasteiger partial charge in [0, 0.05) is 22.6 Å². The van der Waals surface area contributed by atoms with E-state index in [1.165, 1.54) is 4.90 Å². The minimum Gasteiger partial charge on any atom is -0.350 e. The minimum absolute atomic E-state index is 0.0202. The Kier molecular flexibility index (Phi) is 8.81. The smallest absolute Gasteiger partial charge is 0.244 e. The van der Waals surface area contributed by atoms with Gasteiger partial charge < -0.3 is 10.2 Å². The third-order valence-corrected chi connectivity index (χ3v) is 6.41.